The van der Waals surface area contributed by atoms with Crippen molar-refractivity contribution in [1.29, 1.82) is 0 Å². The van der Waals surface area contributed by atoms with Crippen LogP contribution in [0.1, 0.15) is 18.4 Å². The van der Waals surface area contributed by atoms with Gasteiger partial charge in [0.15, 0.2) is 0 Å². The molecular formula is C17H26N4O. The Labute approximate surface area is 132 Å². The molecule has 1 aromatic rings. The van der Waals surface area contributed by atoms with Crippen molar-refractivity contribution in [3.05, 3.63) is 29.8 Å². The first-order valence-electron chi connectivity index (χ1n) is 8.27. The number of hydrogen-bond donors (Lipinski definition) is 1. The number of amides is 1. The summed E-state index contributed by atoms with van der Waals surface area (Å²) in [6, 6.07) is 8.10. The van der Waals surface area contributed by atoms with E-state index in [0.717, 1.165) is 51.5 Å². The number of rotatable bonds is 4. The average molecular weight is 302 g/mol. The van der Waals surface area contributed by atoms with E-state index < -0.39 is 0 Å². The van der Waals surface area contributed by atoms with E-state index in [1.165, 1.54) is 18.4 Å². The highest BCUT2D eigenvalue weighted by molar-refractivity contribution is 5.78. The van der Waals surface area contributed by atoms with Crippen molar-refractivity contribution in [3.63, 3.8) is 0 Å². The smallest absolute Gasteiger partial charge is 0.236 e. The van der Waals surface area contributed by atoms with Crippen molar-refractivity contribution in [2.75, 3.05) is 51.5 Å². The first-order chi connectivity index (χ1) is 10.7. The predicted octanol–water partition coefficient (Wildman–Crippen LogP) is 1.01. The third-order valence-corrected chi connectivity index (χ3v) is 4.64. The number of hydrogen-bond acceptors (Lipinski definition) is 4. The molecule has 5 nitrogen and oxygen atoms in total. The van der Waals surface area contributed by atoms with Crippen LogP contribution in [0, 0.1) is 0 Å². The summed E-state index contributed by atoms with van der Waals surface area (Å²) in [6.07, 6.45) is 2.33. The quantitative estimate of drug-likeness (QED) is 0.844. The first kappa shape index (κ1) is 15.3. The molecule has 5 heteroatoms. The van der Waals surface area contributed by atoms with Gasteiger partial charge in [0, 0.05) is 51.5 Å². The highest BCUT2D eigenvalue weighted by Gasteiger charge is 2.23. The normalized spacial score (nSPS) is 20.5. The van der Waals surface area contributed by atoms with Gasteiger partial charge in [-0.3, -0.25) is 14.6 Å². The van der Waals surface area contributed by atoms with Crippen LogP contribution in [0.2, 0.25) is 0 Å². The lowest BCUT2D eigenvalue weighted by Crippen LogP contribution is -2.49. The maximum Gasteiger partial charge on any atom is 0.236 e. The van der Waals surface area contributed by atoms with Crippen molar-refractivity contribution in [2.45, 2.75) is 19.4 Å². The lowest BCUT2D eigenvalue weighted by Gasteiger charge is -2.35. The number of nitrogens with zero attached hydrogens (tertiary/aromatic N) is 3. The maximum absolute atomic E-state index is 12.2. The summed E-state index contributed by atoms with van der Waals surface area (Å²) in [5.41, 5.74) is 7.92. The maximum atomic E-state index is 12.2. The Hall–Kier alpha value is -1.59. The Morgan fingerprint density at radius 1 is 1.00 bits per heavy atom. The Kier molecular flexibility index (Phi) is 4.95. The number of anilines is 1. The number of carbonyl (C=O) groups excluding carboxylic acids is 1. The summed E-state index contributed by atoms with van der Waals surface area (Å²) in [7, 11) is 0. The van der Waals surface area contributed by atoms with Crippen LogP contribution in [-0.2, 0) is 11.3 Å². The SMILES string of the molecule is Nc1cccc(CN2CCN(CC(=O)N3CCCC3)CC2)c1. The van der Waals surface area contributed by atoms with E-state index in [2.05, 4.69) is 15.9 Å². The fourth-order valence-electron chi connectivity index (χ4n) is 3.31. The van der Waals surface area contributed by atoms with E-state index >= 15 is 0 Å². The molecule has 3 rings (SSSR count). The van der Waals surface area contributed by atoms with E-state index in [1.807, 2.05) is 23.1 Å². The molecule has 1 amide bonds. The molecule has 0 spiro atoms. The Bertz CT molecular complexity index is 505. The largest absolute Gasteiger partial charge is 0.399 e. The molecule has 0 atom stereocenters. The van der Waals surface area contributed by atoms with Gasteiger partial charge in [-0.15, -0.1) is 0 Å². The topological polar surface area (TPSA) is 52.8 Å². The Balaban J connectivity index is 1.43. The molecule has 0 aromatic heterocycles. The number of nitrogens with two attached hydrogens (primary N) is 1. The third-order valence-electron chi connectivity index (χ3n) is 4.64. The van der Waals surface area contributed by atoms with E-state index in [0.29, 0.717) is 12.5 Å². The molecule has 2 saturated heterocycles. The van der Waals surface area contributed by atoms with Gasteiger partial charge in [0.2, 0.25) is 5.91 Å². The van der Waals surface area contributed by atoms with E-state index in [9.17, 15) is 4.79 Å². The fraction of sp³-hybridized carbons (Fsp3) is 0.588. The molecule has 2 fully saturated rings. The summed E-state index contributed by atoms with van der Waals surface area (Å²) >= 11 is 0. The van der Waals surface area contributed by atoms with Crippen LogP contribution in [0.4, 0.5) is 5.69 Å². The molecular weight excluding hydrogens is 276 g/mol. The van der Waals surface area contributed by atoms with Gasteiger partial charge in [-0.2, -0.15) is 0 Å². The predicted molar refractivity (Wildman–Crippen MR) is 88.4 cm³/mol. The minimum absolute atomic E-state index is 0.307. The molecule has 0 radical (unpaired) electrons. The fourth-order valence-corrected chi connectivity index (χ4v) is 3.31. The second-order valence-corrected chi connectivity index (χ2v) is 6.39. The van der Waals surface area contributed by atoms with Gasteiger partial charge in [-0.25, -0.2) is 0 Å². The van der Waals surface area contributed by atoms with Crippen LogP contribution in [0.25, 0.3) is 0 Å². The third kappa shape index (κ3) is 3.99. The van der Waals surface area contributed by atoms with Crippen molar-refractivity contribution in [1.82, 2.24) is 14.7 Å². The molecule has 0 bridgehead atoms. The molecule has 0 saturated carbocycles. The number of carbonyl (C=O) groups is 1. The Morgan fingerprint density at radius 3 is 2.36 bits per heavy atom. The molecule has 2 aliphatic rings. The summed E-state index contributed by atoms with van der Waals surface area (Å²) in [4.78, 5) is 18.9. The summed E-state index contributed by atoms with van der Waals surface area (Å²) < 4.78 is 0. The summed E-state index contributed by atoms with van der Waals surface area (Å²) in [6.45, 7) is 7.42. The molecule has 1 aromatic carbocycles. The lowest BCUT2D eigenvalue weighted by molar-refractivity contribution is -0.131. The molecule has 2 heterocycles. The second kappa shape index (κ2) is 7.11. The molecule has 2 N–H and O–H groups in total. The van der Waals surface area contributed by atoms with Gasteiger partial charge in [-0.1, -0.05) is 12.1 Å². The molecule has 0 aliphatic carbocycles. The monoisotopic (exact) mass is 302 g/mol. The van der Waals surface area contributed by atoms with Crippen LogP contribution in [0.3, 0.4) is 0 Å². The van der Waals surface area contributed by atoms with E-state index in [1.54, 1.807) is 0 Å². The highest BCUT2D eigenvalue weighted by Crippen LogP contribution is 2.13. The van der Waals surface area contributed by atoms with Crippen LogP contribution in [0.15, 0.2) is 24.3 Å². The van der Waals surface area contributed by atoms with Crippen LogP contribution in [-0.4, -0.2) is 66.4 Å². The zero-order chi connectivity index (χ0) is 15.4. The number of piperazine rings is 1. The number of nitrogen functional groups attached to an aromatic ring is 1. The minimum Gasteiger partial charge on any atom is -0.399 e. The van der Waals surface area contributed by atoms with Gasteiger partial charge in [0.25, 0.3) is 0 Å². The van der Waals surface area contributed by atoms with E-state index in [-0.39, 0.29) is 0 Å². The first-order valence-corrected chi connectivity index (χ1v) is 8.27. The number of likely N-dealkylation sites (tertiary alicyclic amines) is 1. The van der Waals surface area contributed by atoms with Crippen LogP contribution < -0.4 is 5.73 Å². The minimum atomic E-state index is 0.307. The van der Waals surface area contributed by atoms with Gasteiger partial charge in [0.1, 0.15) is 0 Å². The summed E-state index contributed by atoms with van der Waals surface area (Å²) in [5.74, 6) is 0.307. The van der Waals surface area contributed by atoms with Gasteiger partial charge >= 0.3 is 0 Å². The zero-order valence-electron chi connectivity index (χ0n) is 13.2. The highest BCUT2D eigenvalue weighted by atomic mass is 16.2. The van der Waals surface area contributed by atoms with Gasteiger partial charge in [0.05, 0.1) is 6.54 Å². The van der Waals surface area contributed by atoms with E-state index in [4.69, 9.17) is 5.73 Å². The molecule has 0 unspecified atom stereocenters. The summed E-state index contributed by atoms with van der Waals surface area (Å²) in [5, 5.41) is 0. The van der Waals surface area contributed by atoms with Crippen LogP contribution in [0.5, 0.6) is 0 Å². The zero-order valence-corrected chi connectivity index (χ0v) is 13.2. The van der Waals surface area contributed by atoms with Gasteiger partial charge in [-0.05, 0) is 30.5 Å². The number of benzene rings is 1. The molecule has 2 aliphatic heterocycles. The lowest BCUT2D eigenvalue weighted by atomic mass is 10.2. The molecule has 22 heavy (non-hydrogen) atoms. The second-order valence-electron chi connectivity index (χ2n) is 6.39. The Morgan fingerprint density at radius 2 is 1.68 bits per heavy atom. The van der Waals surface area contributed by atoms with Crippen molar-refractivity contribution >= 4 is 11.6 Å². The van der Waals surface area contributed by atoms with Gasteiger partial charge < -0.3 is 10.6 Å². The van der Waals surface area contributed by atoms with Crippen molar-refractivity contribution < 1.29 is 4.79 Å². The molecule has 120 valence electrons. The standard InChI is InChI=1S/C17H26N4O/c18-16-5-3-4-15(12-16)13-19-8-10-20(11-9-19)14-17(22)21-6-1-2-7-21/h3-5,12H,1-2,6-11,13-14,18H2. The van der Waals surface area contributed by atoms with Crippen LogP contribution >= 0.6 is 0 Å². The van der Waals surface area contributed by atoms with Crippen molar-refractivity contribution in [3.8, 4) is 0 Å². The van der Waals surface area contributed by atoms with Crippen molar-refractivity contribution in [2.24, 2.45) is 0 Å². The average Bonchev–Trinajstić information content (AvgIpc) is 3.04.